The van der Waals surface area contributed by atoms with E-state index in [4.69, 9.17) is 9.47 Å². The summed E-state index contributed by atoms with van der Waals surface area (Å²) in [6.07, 6.45) is 11.2. The van der Waals surface area contributed by atoms with Crippen LogP contribution in [0.25, 0.3) is 0 Å². The van der Waals surface area contributed by atoms with E-state index < -0.39 is 0 Å². The minimum atomic E-state index is -0.282. The number of ether oxygens (including phenoxy) is 2. The lowest BCUT2D eigenvalue weighted by Gasteiger charge is -2.12. The van der Waals surface area contributed by atoms with Gasteiger partial charge in [0.05, 0.1) is 0 Å². The van der Waals surface area contributed by atoms with Gasteiger partial charge >= 0.3 is 11.9 Å². The lowest BCUT2D eigenvalue weighted by molar-refractivity contribution is -0.137. The molecule has 27 heavy (non-hydrogen) atoms. The monoisotopic (exact) mass is 376 g/mol. The number of carbonyl (C=O) groups excluding carboxylic acids is 2. The van der Waals surface area contributed by atoms with Crippen molar-refractivity contribution in [3.05, 3.63) is 23.8 Å². The van der Waals surface area contributed by atoms with Crippen molar-refractivity contribution in [1.82, 2.24) is 0 Å². The van der Waals surface area contributed by atoms with Crippen molar-refractivity contribution in [2.75, 3.05) is 0 Å². The summed E-state index contributed by atoms with van der Waals surface area (Å²) >= 11 is 0. The molecule has 0 aliphatic carbocycles. The first kappa shape index (κ1) is 23.2. The van der Waals surface area contributed by atoms with Gasteiger partial charge in [0.15, 0.2) is 11.5 Å². The summed E-state index contributed by atoms with van der Waals surface area (Å²) in [5.41, 5.74) is 1.11. The van der Waals surface area contributed by atoms with E-state index in [-0.39, 0.29) is 11.9 Å². The van der Waals surface area contributed by atoms with E-state index >= 15 is 0 Å². The highest BCUT2D eigenvalue weighted by atomic mass is 16.6. The van der Waals surface area contributed by atoms with E-state index in [1.807, 2.05) is 26.0 Å². The standard InChI is InChI=1S/C23H36O4/c1-4-7-10-11-12-13-19-16-17-20(26-22(24)14-8-5-2)21(18-19)27-23(25)15-9-6-3/h16-18H,4-15H2,1-3H3. The number of aryl methyl sites for hydroxylation is 1. The normalized spacial score (nSPS) is 10.6. The van der Waals surface area contributed by atoms with E-state index in [2.05, 4.69) is 6.92 Å². The summed E-state index contributed by atoms with van der Waals surface area (Å²) in [6.45, 7) is 6.27. The Hall–Kier alpha value is -1.84. The van der Waals surface area contributed by atoms with Crippen LogP contribution in [0.2, 0.25) is 0 Å². The van der Waals surface area contributed by atoms with E-state index in [1.165, 1.54) is 25.7 Å². The molecule has 1 rings (SSSR count). The Bertz CT molecular complexity index is 565. The zero-order chi connectivity index (χ0) is 19.9. The molecule has 0 atom stereocenters. The third-order valence-electron chi connectivity index (χ3n) is 4.49. The van der Waals surface area contributed by atoms with E-state index in [0.29, 0.717) is 24.3 Å². The first-order chi connectivity index (χ1) is 13.1. The average molecular weight is 377 g/mol. The van der Waals surface area contributed by atoms with Gasteiger partial charge in [0.25, 0.3) is 0 Å². The second-order valence-electron chi connectivity index (χ2n) is 7.10. The van der Waals surface area contributed by atoms with Crippen molar-refractivity contribution >= 4 is 11.9 Å². The molecule has 1 aromatic rings. The maximum absolute atomic E-state index is 12.1. The highest BCUT2D eigenvalue weighted by molar-refractivity contribution is 5.76. The molecule has 0 saturated carbocycles. The highest BCUT2D eigenvalue weighted by Gasteiger charge is 2.14. The lowest BCUT2D eigenvalue weighted by atomic mass is 10.0. The van der Waals surface area contributed by atoms with Crippen molar-refractivity contribution in [2.24, 2.45) is 0 Å². The van der Waals surface area contributed by atoms with Crippen LogP contribution in [0, 0.1) is 0 Å². The molecule has 0 spiro atoms. The van der Waals surface area contributed by atoms with Crippen molar-refractivity contribution in [1.29, 1.82) is 0 Å². The van der Waals surface area contributed by atoms with Crippen molar-refractivity contribution in [3.63, 3.8) is 0 Å². The van der Waals surface area contributed by atoms with Gasteiger partial charge in [-0.15, -0.1) is 0 Å². The van der Waals surface area contributed by atoms with Gasteiger partial charge in [-0.2, -0.15) is 0 Å². The fourth-order valence-corrected chi connectivity index (χ4v) is 2.79. The van der Waals surface area contributed by atoms with E-state index in [0.717, 1.165) is 44.1 Å². The quantitative estimate of drug-likeness (QED) is 0.214. The van der Waals surface area contributed by atoms with Gasteiger partial charge in [-0.1, -0.05) is 65.4 Å². The molecule has 0 saturated heterocycles. The van der Waals surface area contributed by atoms with Crippen LogP contribution >= 0.6 is 0 Å². The molecular formula is C23H36O4. The molecule has 0 radical (unpaired) electrons. The number of benzene rings is 1. The highest BCUT2D eigenvalue weighted by Crippen LogP contribution is 2.30. The third-order valence-corrected chi connectivity index (χ3v) is 4.49. The van der Waals surface area contributed by atoms with Crippen LogP contribution in [0.3, 0.4) is 0 Å². The number of unbranched alkanes of at least 4 members (excludes halogenated alkanes) is 6. The second kappa shape index (κ2) is 14.2. The van der Waals surface area contributed by atoms with Crippen LogP contribution in [0.4, 0.5) is 0 Å². The number of hydrogen-bond acceptors (Lipinski definition) is 4. The minimum Gasteiger partial charge on any atom is -0.423 e. The Morgan fingerprint density at radius 1 is 0.704 bits per heavy atom. The fraction of sp³-hybridized carbons (Fsp3) is 0.652. The first-order valence-corrected chi connectivity index (χ1v) is 10.6. The fourth-order valence-electron chi connectivity index (χ4n) is 2.79. The molecule has 0 amide bonds. The zero-order valence-corrected chi connectivity index (χ0v) is 17.4. The summed E-state index contributed by atoms with van der Waals surface area (Å²) in [4.78, 5) is 24.0. The van der Waals surface area contributed by atoms with Gasteiger partial charge in [-0.3, -0.25) is 9.59 Å². The van der Waals surface area contributed by atoms with Crippen LogP contribution in [0.1, 0.15) is 97.0 Å². The number of esters is 2. The molecule has 4 heteroatoms. The predicted octanol–water partition coefficient (Wildman–Crippen LogP) is 6.39. The molecular weight excluding hydrogens is 340 g/mol. The Balaban J connectivity index is 2.77. The SMILES string of the molecule is CCCCCCCc1ccc(OC(=O)CCCC)c(OC(=O)CCCC)c1. The maximum Gasteiger partial charge on any atom is 0.311 e. The number of rotatable bonds is 14. The molecule has 0 unspecified atom stereocenters. The zero-order valence-electron chi connectivity index (χ0n) is 17.4. The van der Waals surface area contributed by atoms with Crippen LogP contribution < -0.4 is 9.47 Å². The van der Waals surface area contributed by atoms with E-state index in [9.17, 15) is 9.59 Å². The average Bonchev–Trinajstić information content (AvgIpc) is 2.66. The van der Waals surface area contributed by atoms with Crippen molar-refractivity contribution in [3.8, 4) is 11.5 Å². The topological polar surface area (TPSA) is 52.6 Å². The molecule has 0 bridgehead atoms. The van der Waals surface area contributed by atoms with Gasteiger partial charge in [-0.05, 0) is 43.4 Å². The molecule has 1 aromatic carbocycles. The summed E-state index contributed by atoms with van der Waals surface area (Å²) < 4.78 is 11.0. The number of carbonyl (C=O) groups is 2. The minimum absolute atomic E-state index is 0.275. The summed E-state index contributed by atoms with van der Waals surface area (Å²) in [5, 5.41) is 0. The largest absolute Gasteiger partial charge is 0.423 e. The second-order valence-corrected chi connectivity index (χ2v) is 7.10. The van der Waals surface area contributed by atoms with Crippen molar-refractivity contribution < 1.29 is 19.1 Å². The van der Waals surface area contributed by atoms with E-state index in [1.54, 1.807) is 6.07 Å². The molecule has 0 fully saturated rings. The first-order valence-electron chi connectivity index (χ1n) is 10.6. The molecule has 0 aliphatic heterocycles. The van der Waals surface area contributed by atoms with Crippen LogP contribution in [0.5, 0.6) is 11.5 Å². The van der Waals surface area contributed by atoms with Crippen LogP contribution in [0.15, 0.2) is 18.2 Å². The Morgan fingerprint density at radius 3 is 1.85 bits per heavy atom. The van der Waals surface area contributed by atoms with Crippen LogP contribution in [-0.2, 0) is 16.0 Å². The van der Waals surface area contributed by atoms with Gasteiger partial charge in [-0.25, -0.2) is 0 Å². The van der Waals surface area contributed by atoms with Gasteiger partial charge in [0, 0.05) is 12.8 Å². The van der Waals surface area contributed by atoms with Gasteiger partial charge in [0.2, 0.25) is 0 Å². The number of hydrogen-bond donors (Lipinski definition) is 0. The summed E-state index contributed by atoms with van der Waals surface area (Å²) in [5.74, 6) is 0.153. The Morgan fingerprint density at radius 2 is 1.26 bits per heavy atom. The molecule has 0 N–H and O–H groups in total. The smallest absolute Gasteiger partial charge is 0.311 e. The molecule has 0 aromatic heterocycles. The lowest BCUT2D eigenvalue weighted by Crippen LogP contribution is -2.12. The molecule has 152 valence electrons. The van der Waals surface area contributed by atoms with Gasteiger partial charge in [0.1, 0.15) is 0 Å². The molecule has 4 nitrogen and oxygen atoms in total. The maximum atomic E-state index is 12.1. The van der Waals surface area contributed by atoms with Crippen LogP contribution in [-0.4, -0.2) is 11.9 Å². The summed E-state index contributed by atoms with van der Waals surface area (Å²) in [7, 11) is 0. The van der Waals surface area contributed by atoms with Crippen molar-refractivity contribution in [2.45, 2.75) is 97.8 Å². The predicted molar refractivity (Wildman–Crippen MR) is 109 cm³/mol. The Kier molecular flexibility index (Phi) is 12.2. The molecule has 0 heterocycles. The van der Waals surface area contributed by atoms with Gasteiger partial charge < -0.3 is 9.47 Å². The Labute approximate surface area is 164 Å². The summed E-state index contributed by atoms with van der Waals surface area (Å²) in [6, 6.07) is 5.57. The molecule has 0 aliphatic rings. The third kappa shape index (κ3) is 10.2.